The summed E-state index contributed by atoms with van der Waals surface area (Å²) in [6.07, 6.45) is -1.11. The number of carbonyl (C=O) groups excluding carboxylic acids is 1. The Morgan fingerprint density at radius 3 is 2.27 bits per heavy atom. The van der Waals surface area contributed by atoms with E-state index in [1.54, 1.807) is 91.0 Å². The Kier molecular flexibility index (Phi) is 7.58. The highest BCUT2D eigenvalue weighted by atomic mass is 35.5. The molecule has 6 N–H and O–H groups in total. The minimum atomic E-state index is -3.91. The molecule has 1 unspecified atom stereocenters. The van der Waals surface area contributed by atoms with Gasteiger partial charge in [0.2, 0.25) is 16.1 Å². The van der Waals surface area contributed by atoms with Crippen LogP contribution in [0.25, 0.3) is 11.1 Å². The Hall–Kier alpha value is -4.18. The van der Waals surface area contributed by atoms with Gasteiger partial charge in [-0.2, -0.15) is 0 Å². The van der Waals surface area contributed by atoms with Crippen molar-refractivity contribution in [3.8, 4) is 16.9 Å². The second kappa shape index (κ2) is 10.8. The van der Waals surface area contributed by atoms with E-state index in [-0.39, 0.29) is 10.7 Å². The van der Waals surface area contributed by atoms with Gasteiger partial charge in [-0.05, 0) is 42.0 Å². The summed E-state index contributed by atoms with van der Waals surface area (Å²) in [7, 11) is -3.91. The van der Waals surface area contributed by atoms with Crippen molar-refractivity contribution in [2.24, 2.45) is 10.9 Å². The number of halogens is 1. The minimum Gasteiger partial charge on any atom is -0.476 e. The molecule has 1 atom stereocenters. The maximum absolute atomic E-state index is 13.4. The number of sulfonamides is 1. The summed E-state index contributed by atoms with van der Waals surface area (Å²) in [6.45, 7) is 0. The molecule has 0 radical (unpaired) electrons. The summed E-state index contributed by atoms with van der Waals surface area (Å²) in [5.74, 6) is -0.282. The van der Waals surface area contributed by atoms with E-state index in [2.05, 4.69) is 5.32 Å². The fourth-order valence-corrected chi connectivity index (χ4v) is 4.71. The van der Waals surface area contributed by atoms with Gasteiger partial charge in [-0.15, -0.1) is 0 Å². The lowest BCUT2D eigenvalue weighted by Gasteiger charge is -2.20. The quantitative estimate of drug-likeness (QED) is 0.191. The first-order valence-electron chi connectivity index (χ1n) is 11.0. The molecule has 0 heterocycles. The van der Waals surface area contributed by atoms with Crippen molar-refractivity contribution in [1.29, 1.82) is 5.41 Å². The average Bonchev–Trinajstić information content (AvgIpc) is 2.88. The summed E-state index contributed by atoms with van der Waals surface area (Å²) in [4.78, 5) is 13.4. The highest BCUT2D eigenvalue weighted by Gasteiger charge is 2.25. The summed E-state index contributed by atoms with van der Waals surface area (Å²) in [5.41, 5.74) is 8.01. The van der Waals surface area contributed by atoms with Gasteiger partial charge in [0.1, 0.15) is 11.6 Å². The van der Waals surface area contributed by atoms with Crippen LogP contribution in [0.5, 0.6) is 5.75 Å². The molecule has 0 saturated carbocycles. The first-order valence-corrected chi connectivity index (χ1v) is 12.9. The van der Waals surface area contributed by atoms with E-state index in [4.69, 9.17) is 32.6 Å². The van der Waals surface area contributed by atoms with Crippen LogP contribution in [0.3, 0.4) is 0 Å². The third-order valence-corrected chi connectivity index (χ3v) is 6.80. The molecular formula is C27H23ClN4O4S. The van der Waals surface area contributed by atoms with Crippen LogP contribution in [0.2, 0.25) is 5.02 Å². The van der Waals surface area contributed by atoms with Gasteiger partial charge in [0, 0.05) is 27.4 Å². The molecule has 8 nitrogen and oxygen atoms in total. The molecule has 0 aromatic heterocycles. The second-order valence-electron chi connectivity index (χ2n) is 8.07. The molecule has 0 fully saturated rings. The summed E-state index contributed by atoms with van der Waals surface area (Å²) in [5, 5.41) is 16.2. The fourth-order valence-electron chi connectivity index (χ4n) is 3.71. The normalized spacial score (nSPS) is 11.9. The lowest BCUT2D eigenvalue weighted by Crippen LogP contribution is -2.26. The van der Waals surface area contributed by atoms with Crippen LogP contribution in [0.15, 0.2) is 102 Å². The van der Waals surface area contributed by atoms with Gasteiger partial charge in [0.15, 0.2) is 0 Å². The zero-order valence-electron chi connectivity index (χ0n) is 19.4. The number of hydrogen-bond acceptors (Lipinski definition) is 5. The van der Waals surface area contributed by atoms with E-state index >= 15 is 0 Å². The van der Waals surface area contributed by atoms with E-state index in [9.17, 15) is 13.2 Å². The topological polar surface area (TPSA) is 148 Å². The van der Waals surface area contributed by atoms with Crippen molar-refractivity contribution >= 4 is 39.1 Å². The van der Waals surface area contributed by atoms with Gasteiger partial charge in [-0.1, -0.05) is 72.3 Å². The number of ether oxygens (including phenoxy) is 1. The molecule has 188 valence electrons. The zero-order chi connectivity index (χ0) is 26.6. The van der Waals surface area contributed by atoms with Crippen LogP contribution in [0, 0.1) is 5.41 Å². The first-order chi connectivity index (χ1) is 17.6. The molecule has 1 amide bonds. The zero-order valence-corrected chi connectivity index (χ0v) is 21.0. The predicted octanol–water partition coefficient (Wildman–Crippen LogP) is 4.70. The van der Waals surface area contributed by atoms with Gasteiger partial charge in [0.25, 0.3) is 5.91 Å². The van der Waals surface area contributed by atoms with Crippen molar-refractivity contribution in [3.63, 3.8) is 0 Å². The standard InChI is InChI=1S/C27H23ClN4O4S/c28-23-10-3-1-9-22(23)25(36-20-7-5-6-18(16-20)26(29)30)27(33)32-19-14-12-17(13-15-19)21-8-2-4-11-24(21)37(31,34)35/h1-16,25H,(H3,29,30)(H,32,33)(H2,31,34,35). The molecule has 0 aliphatic heterocycles. The van der Waals surface area contributed by atoms with Crippen molar-refractivity contribution in [2.45, 2.75) is 11.0 Å². The van der Waals surface area contributed by atoms with E-state index < -0.39 is 22.0 Å². The van der Waals surface area contributed by atoms with Crippen molar-refractivity contribution in [3.05, 3.63) is 113 Å². The van der Waals surface area contributed by atoms with Crippen molar-refractivity contribution < 1.29 is 17.9 Å². The smallest absolute Gasteiger partial charge is 0.270 e. The van der Waals surface area contributed by atoms with Crippen LogP contribution in [0.4, 0.5) is 5.69 Å². The van der Waals surface area contributed by atoms with E-state index in [0.717, 1.165) is 0 Å². The van der Waals surface area contributed by atoms with Gasteiger partial charge < -0.3 is 15.8 Å². The Morgan fingerprint density at radius 1 is 0.919 bits per heavy atom. The number of carbonyl (C=O) groups is 1. The van der Waals surface area contributed by atoms with Crippen LogP contribution in [-0.4, -0.2) is 20.2 Å². The lowest BCUT2D eigenvalue weighted by molar-refractivity contribution is -0.123. The molecule has 0 spiro atoms. The summed E-state index contributed by atoms with van der Waals surface area (Å²) >= 11 is 6.38. The predicted molar refractivity (Wildman–Crippen MR) is 144 cm³/mol. The molecule has 0 bridgehead atoms. The first kappa shape index (κ1) is 25.9. The number of rotatable bonds is 8. The number of nitrogens with two attached hydrogens (primary N) is 2. The molecule has 0 aliphatic carbocycles. The van der Waals surface area contributed by atoms with Crippen molar-refractivity contribution in [2.75, 3.05) is 5.32 Å². The van der Waals surface area contributed by atoms with Gasteiger partial charge in [-0.25, -0.2) is 13.6 Å². The summed E-state index contributed by atoms with van der Waals surface area (Å²) < 4.78 is 29.9. The molecule has 4 rings (SSSR count). The lowest BCUT2D eigenvalue weighted by atomic mass is 10.0. The van der Waals surface area contributed by atoms with E-state index in [0.29, 0.717) is 38.7 Å². The van der Waals surface area contributed by atoms with Gasteiger partial charge >= 0.3 is 0 Å². The molecule has 4 aromatic rings. The van der Waals surface area contributed by atoms with Crippen LogP contribution in [-0.2, 0) is 14.8 Å². The van der Waals surface area contributed by atoms with E-state index in [1.165, 1.54) is 6.07 Å². The largest absolute Gasteiger partial charge is 0.476 e. The average molecular weight is 535 g/mol. The van der Waals surface area contributed by atoms with Gasteiger partial charge in [0.05, 0.1) is 4.90 Å². The number of benzene rings is 4. The monoisotopic (exact) mass is 534 g/mol. The highest BCUT2D eigenvalue weighted by Crippen LogP contribution is 2.31. The van der Waals surface area contributed by atoms with Crippen LogP contribution in [0.1, 0.15) is 17.2 Å². The number of nitrogens with one attached hydrogen (secondary N) is 2. The number of nitrogen functional groups attached to an aromatic ring is 1. The molecule has 0 aliphatic rings. The molecule has 10 heteroatoms. The maximum atomic E-state index is 13.4. The molecule has 0 saturated heterocycles. The number of hydrogen-bond donors (Lipinski definition) is 4. The Labute approximate surface area is 219 Å². The minimum absolute atomic E-state index is 0.00626. The summed E-state index contributed by atoms with van der Waals surface area (Å²) in [6, 6.07) is 26.5. The second-order valence-corrected chi connectivity index (χ2v) is 10.0. The number of primary sulfonamides is 1. The SMILES string of the molecule is N=C(N)c1cccc(OC(C(=O)Nc2ccc(-c3ccccc3S(N)(=O)=O)cc2)c2ccccc2Cl)c1. The highest BCUT2D eigenvalue weighted by molar-refractivity contribution is 7.89. The Morgan fingerprint density at radius 2 is 1.59 bits per heavy atom. The number of amidine groups is 1. The molecular weight excluding hydrogens is 512 g/mol. The van der Waals surface area contributed by atoms with Crippen LogP contribution < -0.4 is 20.9 Å². The van der Waals surface area contributed by atoms with E-state index in [1.807, 2.05) is 0 Å². The number of amides is 1. The molecule has 4 aromatic carbocycles. The fraction of sp³-hybridized carbons (Fsp3) is 0.0370. The maximum Gasteiger partial charge on any atom is 0.270 e. The third kappa shape index (κ3) is 6.15. The Bertz CT molecular complexity index is 1570. The Balaban J connectivity index is 1.62. The number of anilines is 1. The molecule has 37 heavy (non-hydrogen) atoms. The third-order valence-electron chi connectivity index (χ3n) is 5.48. The van der Waals surface area contributed by atoms with Crippen LogP contribution >= 0.6 is 11.6 Å². The van der Waals surface area contributed by atoms with Crippen molar-refractivity contribution in [1.82, 2.24) is 0 Å². The van der Waals surface area contributed by atoms with Gasteiger partial charge in [-0.3, -0.25) is 10.2 Å².